The Morgan fingerprint density at radius 2 is 1.67 bits per heavy atom. The second kappa shape index (κ2) is 6.10. The van der Waals surface area contributed by atoms with Gasteiger partial charge in [-0.3, -0.25) is 0 Å². The summed E-state index contributed by atoms with van der Waals surface area (Å²) >= 11 is 6.22. The van der Waals surface area contributed by atoms with Crippen molar-refractivity contribution in [3.8, 4) is 11.4 Å². The summed E-state index contributed by atoms with van der Waals surface area (Å²) < 4.78 is 15.4. The van der Waals surface area contributed by atoms with E-state index in [2.05, 4.69) is 4.57 Å². The van der Waals surface area contributed by atoms with Gasteiger partial charge in [-0.05, 0) is 29.8 Å². The number of hydrogen-bond acceptors (Lipinski definition) is 1. The van der Waals surface area contributed by atoms with Crippen LogP contribution in [0.3, 0.4) is 0 Å². The molecule has 0 aliphatic rings. The lowest BCUT2D eigenvalue weighted by Gasteiger charge is -2.11. The fourth-order valence-electron chi connectivity index (χ4n) is 2.86. The van der Waals surface area contributed by atoms with Gasteiger partial charge in [0.05, 0.1) is 17.6 Å². The molecule has 118 valence electrons. The van der Waals surface area contributed by atoms with E-state index in [1.165, 1.54) is 12.1 Å². The maximum absolute atomic E-state index is 13.3. The lowest BCUT2D eigenvalue weighted by Crippen LogP contribution is -2.03. The molecule has 1 aromatic heterocycles. The number of nitrogens with zero attached hydrogens (tertiary/aromatic N) is 2. The molecular formula is C20H14ClFN2. The predicted octanol–water partition coefficient (Wildman–Crippen LogP) is 5.54. The van der Waals surface area contributed by atoms with Crippen molar-refractivity contribution in [1.82, 2.24) is 9.55 Å². The second-order valence-electron chi connectivity index (χ2n) is 5.61. The van der Waals surface area contributed by atoms with E-state index in [0.717, 1.165) is 28.0 Å². The summed E-state index contributed by atoms with van der Waals surface area (Å²) in [5, 5.41) is 0.423. The molecule has 0 fully saturated rings. The number of benzene rings is 3. The first-order chi connectivity index (χ1) is 11.7. The summed E-state index contributed by atoms with van der Waals surface area (Å²) in [7, 11) is 0. The average Bonchev–Trinajstić information content (AvgIpc) is 2.97. The molecule has 0 aliphatic heterocycles. The Bertz CT molecular complexity index is 1010. The molecule has 4 aromatic rings. The van der Waals surface area contributed by atoms with Crippen LogP contribution >= 0.6 is 11.6 Å². The number of aromatic nitrogens is 2. The number of hydrogen-bond donors (Lipinski definition) is 0. The van der Waals surface area contributed by atoms with Crippen molar-refractivity contribution in [2.24, 2.45) is 0 Å². The minimum absolute atomic E-state index is 0.331. The molecule has 24 heavy (non-hydrogen) atoms. The van der Waals surface area contributed by atoms with Crippen LogP contribution in [0.15, 0.2) is 72.8 Å². The molecule has 0 saturated heterocycles. The maximum Gasteiger partial charge on any atom is 0.141 e. The van der Waals surface area contributed by atoms with Gasteiger partial charge in [0.15, 0.2) is 0 Å². The minimum Gasteiger partial charge on any atom is -0.319 e. The van der Waals surface area contributed by atoms with E-state index < -0.39 is 0 Å². The summed E-state index contributed by atoms with van der Waals surface area (Å²) in [4.78, 5) is 4.77. The van der Waals surface area contributed by atoms with Crippen molar-refractivity contribution in [3.63, 3.8) is 0 Å². The lowest BCUT2D eigenvalue weighted by atomic mass is 10.2. The molecule has 4 heteroatoms. The summed E-state index contributed by atoms with van der Waals surface area (Å²) in [6.45, 7) is 0.532. The van der Waals surface area contributed by atoms with Crippen LogP contribution in [0, 0.1) is 5.82 Å². The first kappa shape index (κ1) is 14.9. The highest BCUT2D eigenvalue weighted by atomic mass is 35.5. The van der Waals surface area contributed by atoms with Crippen LogP contribution in [-0.2, 0) is 6.54 Å². The van der Waals surface area contributed by atoms with Crippen LogP contribution in [0.1, 0.15) is 5.56 Å². The molecule has 0 N–H and O–H groups in total. The van der Waals surface area contributed by atoms with Gasteiger partial charge in [-0.15, -0.1) is 0 Å². The second-order valence-corrected chi connectivity index (χ2v) is 6.02. The molecule has 4 rings (SSSR count). The highest BCUT2D eigenvalue weighted by Crippen LogP contribution is 2.27. The highest BCUT2D eigenvalue weighted by Gasteiger charge is 2.14. The zero-order valence-electron chi connectivity index (χ0n) is 12.8. The van der Waals surface area contributed by atoms with E-state index in [-0.39, 0.29) is 5.82 Å². The number of imidazole rings is 1. The Labute approximate surface area is 144 Å². The normalized spacial score (nSPS) is 11.1. The van der Waals surface area contributed by atoms with Crippen LogP contribution in [-0.4, -0.2) is 9.55 Å². The van der Waals surface area contributed by atoms with Gasteiger partial charge in [0.25, 0.3) is 0 Å². The van der Waals surface area contributed by atoms with Crippen LogP contribution in [0.25, 0.3) is 22.4 Å². The zero-order chi connectivity index (χ0) is 16.5. The van der Waals surface area contributed by atoms with E-state index in [4.69, 9.17) is 16.6 Å². The molecule has 0 radical (unpaired) electrons. The Hall–Kier alpha value is -2.65. The van der Waals surface area contributed by atoms with Gasteiger partial charge in [0.2, 0.25) is 0 Å². The number of para-hydroxylation sites is 2. The Morgan fingerprint density at radius 1 is 0.917 bits per heavy atom. The first-order valence-corrected chi connectivity index (χ1v) is 8.05. The molecule has 2 nitrogen and oxygen atoms in total. The van der Waals surface area contributed by atoms with E-state index in [0.29, 0.717) is 11.6 Å². The van der Waals surface area contributed by atoms with Gasteiger partial charge in [-0.1, -0.05) is 60.1 Å². The molecular weight excluding hydrogens is 323 g/mol. The van der Waals surface area contributed by atoms with Crippen molar-refractivity contribution in [1.29, 1.82) is 0 Å². The quantitative estimate of drug-likeness (QED) is 0.480. The van der Waals surface area contributed by atoms with E-state index in [1.54, 1.807) is 6.07 Å². The zero-order valence-corrected chi connectivity index (χ0v) is 13.5. The molecule has 0 atom stereocenters. The van der Waals surface area contributed by atoms with Crippen molar-refractivity contribution < 1.29 is 4.39 Å². The molecule has 0 spiro atoms. The minimum atomic E-state index is -0.331. The van der Waals surface area contributed by atoms with Gasteiger partial charge in [-0.2, -0.15) is 0 Å². The molecule has 0 unspecified atom stereocenters. The Kier molecular flexibility index (Phi) is 3.79. The monoisotopic (exact) mass is 336 g/mol. The standard InChI is InChI=1S/C20H14ClFN2/c21-17-12-16(22)11-10-15(17)13-24-19-9-5-4-8-18(19)23-20(24)14-6-2-1-3-7-14/h1-12H,13H2. The highest BCUT2D eigenvalue weighted by molar-refractivity contribution is 6.31. The lowest BCUT2D eigenvalue weighted by molar-refractivity contribution is 0.626. The SMILES string of the molecule is Fc1ccc(Cn2c(-c3ccccc3)nc3ccccc32)c(Cl)c1. The third kappa shape index (κ3) is 2.68. The maximum atomic E-state index is 13.3. The molecule has 0 aliphatic carbocycles. The number of fused-ring (bicyclic) bond motifs is 1. The molecule has 3 aromatic carbocycles. The molecule has 0 saturated carbocycles. The van der Waals surface area contributed by atoms with Crippen molar-refractivity contribution in [3.05, 3.63) is 89.2 Å². The van der Waals surface area contributed by atoms with Crippen molar-refractivity contribution in [2.45, 2.75) is 6.54 Å². The van der Waals surface area contributed by atoms with Gasteiger partial charge in [0, 0.05) is 10.6 Å². The van der Waals surface area contributed by atoms with Gasteiger partial charge in [0.1, 0.15) is 11.6 Å². The summed E-state index contributed by atoms with van der Waals surface area (Å²) in [5.74, 6) is 0.541. The van der Waals surface area contributed by atoms with E-state index in [1.807, 2.05) is 54.6 Å². The third-order valence-corrected chi connectivity index (χ3v) is 4.38. The average molecular weight is 337 g/mol. The summed E-state index contributed by atoms with van der Waals surface area (Å²) in [6.07, 6.45) is 0. The number of rotatable bonds is 3. The fourth-order valence-corrected chi connectivity index (χ4v) is 3.09. The van der Waals surface area contributed by atoms with Crippen LogP contribution in [0.5, 0.6) is 0 Å². The predicted molar refractivity (Wildman–Crippen MR) is 95.7 cm³/mol. The summed E-state index contributed by atoms with van der Waals surface area (Å²) in [6, 6.07) is 22.5. The summed E-state index contributed by atoms with van der Waals surface area (Å²) in [5.41, 5.74) is 3.84. The molecule has 1 heterocycles. The van der Waals surface area contributed by atoms with Crippen LogP contribution in [0.4, 0.5) is 4.39 Å². The van der Waals surface area contributed by atoms with Crippen molar-refractivity contribution in [2.75, 3.05) is 0 Å². The Morgan fingerprint density at radius 3 is 2.46 bits per heavy atom. The fraction of sp³-hybridized carbons (Fsp3) is 0.0500. The van der Waals surface area contributed by atoms with Gasteiger partial charge < -0.3 is 4.57 Å². The largest absolute Gasteiger partial charge is 0.319 e. The molecule has 0 amide bonds. The topological polar surface area (TPSA) is 17.8 Å². The van der Waals surface area contributed by atoms with Crippen LogP contribution < -0.4 is 0 Å². The molecule has 0 bridgehead atoms. The van der Waals surface area contributed by atoms with Gasteiger partial charge in [-0.25, -0.2) is 9.37 Å². The van der Waals surface area contributed by atoms with Crippen molar-refractivity contribution >= 4 is 22.6 Å². The number of halogens is 2. The smallest absolute Gasteiger partial charge is 0.141 e. The van der Waals surface area contributed by atoms with E-state index >= 15 is 0 Å². The van der Waals surface area contributed by atoms with E-state index in [9.17, 15) is 4.39 Å². The first-order valence-electron chi connectivity index (χ1n) is 7.67. The van der Waals surface area contributed by atoms with Gasteiger partial charge >= 0.3 is 0 Å². The Balaban J connectivity index is 1.89. The van der Waals surface area contributed by atoms with Crippen LogP contribution in [0.2, 0.25) is 5.02 Å². The third-order valence-electron chi connectivity index (χ3n) is 4.03.